The first kappa shape index (κ1) is 79.0. The van der Waals surface area contributed by atoms with Crippen LogP contribution in [-0.2, 0) is 34.1 Å². The Labute approximate surface area is 440 Å². The summed E-state index contributed by atoms with van der Waals surface area (Å²) in [5, 5.41) is 45.6. The molecule has 65 heavy (non-hydrogen) atoms. The summed E-state index contributed by atoms with van der Waals surface area (Å²) in [4.78, 5) is 4.72. The van der Waals surface area contributed by atoms with Crippen molar-refractivity contribution in [3.05, 3.63) is 0 Å². The number of aliphatic hydroxyl groups is 5. The fourth-order valence-corrected chi connectivity index (χ4v) is 4.74. The Morgan fingerprint density at radius 2 is 1.00 bits per heavy atom. The van der Waals surface area contributed by atoms with Crippen LogP contribution < -0.4 is 11.1 Å². The molecule has 0 aromatic carbocycles. The average molecular weight is 1330 g/mol. The first-order valence-electron chi connectivity index (χ1n) is 20.9. The van der Waals surface area contributed by atoms with Crippen LogP contribution in [0, 0.1) is 5.41 Å². The number of halogens is 5. The van der Waals surface area contributed by atoms with Crippen LogP contribution in [0.2, 0.25) is 0 Å². The minimum atomic E-state index is -4.67. The maximum atomic E-state index is 8.77. The second-order valence-corrected chi connectivity index (χ2v) is 30.2. The maximum Gasteiger partial charge on any atom is 0.394 e. The molecule has 0 bridgehead atoms. The molecule has 26 heteroatoms. The predicted octanol–water partition coefficient (Wildman–Crippen LogP) is 5.28. The number of epoxide rings is 2. The second kappa shape index (κ2) is 46.4. The Morgan fingerprint density at radius 3 is 1.20 bits per heavy atom. The van der Waals surface area contributed by atoms with Crippen LogP contribution in [0.4, 0.5) is 0 Å². The molecule has 0 amide bonds. The van der Waals surface area contributed by atoms with Gasteiger partial charge in [-0.1, -0.05) is 29.8 Å². The molecule has 5 aliphatic heterocycles. The number of ether oxygens (including phenoxy) is 5. The van der Waals surface area contributed by atoms with Crippen molar-refractivity contribution in [3.8, 4) is 0 Å². The maximum absolute atomic E-state index is 8.77. The Bertz CT molecular complexity index is 1070. The van der Waals surface area contributed by atoms with E-state index in [0.29, 0.717) is 0 Å². The Hall–Kier alpha value is 2.57. The van der Waals surface area contributed by atoms with E-state index in [2.05, 4.69) is 164 Å². The molecule has 10 N–H and O–H groups in total. The Balaban J connectivity index is -0.000000153. The SMILES string of the molecule is BrC(Br)(Br)Br.C1CO1.C1CO1.CC(C)(CO)CCCO.CC(C)(N)CO.CC1(C)COCCN1.CC1(C)COCCN1CCBr.CC1(C)COCCN1CCO.CO.O=S(=O)(O)O.PP. The lowest BCUT2D eigenvalue weighted by Crippen LogP contribution is -2.53. The van der Waals surface area contributed by atoms with E-state index < -0.39 is 15.9 Å². The largest absolute Gasteiger partial charge is 0.400 e. The van der Waals surface area contributed by atoms with Crippen LogP contribution in [0.25, 0.3) is 0 Å². The highest BCUT2D eigenvalue weighted by Gasteiger charge is 2.30. The van der Waals surface area contributed by atoms with Gasteiger partial charge in [-0.25, -0.2) is 0 Å². The fourth-order valence-electron chi connectivity index (χ4n) is 4.31. The number of hydrogen-bond donors (Lipinski definition) is 9. The van der Waals surface area contributed by atoms with E-state index in [4.69, 9.17) is 63.0 Å². The summed E-state index contributed by atoms with van der Waals surface area (Å²) in [6, 6.07) is 0. The van der Waals surface area contributed by atoms with E-state index in [0.717, 1.165) is 124 Å². The minimum Gasteiger partial charge on any atom is -0.400 e. The summed E-state index contributed by atoms with van der Waals surface area (Å²) in [6.45, 7) is 35.2. The van der Waals surface area contributed by atoms with E-state index in [1.54, 1.807) is 13.8 Å². The normalized spacial score (nSPS) is 19.0. The highest BCUT2D eigenvalue weighted by atomic mass is 80.0. The lowest BCUT2D eigenvalue weighted by Gasteiger charge is -2.41. The highest BCUT2D eigenvalue weighted by molar-refractivity contribution is 9.52. The number of nitrogens with one attached hydrogen (secondary N) is 1. The lowest BCUT2D eigenvalue weighted by atomic mass is 9.89. The first-order valence-corrected chi connectivity index (χ1v) is 29.2. The molecule has 5 heterocycles. The summed E-state index contributed by atoms with van der Waals surface area (Å²) >= 11 is 16.0. The van der Waals surface area contributed by atoms with E-state index in [1.165, 1.54) is 0 Å². The number of β-amino-alcohol motifs (C(OH)–C–C–N with tert-alkyl or cyclic N) is 1. The number of nitrogens with two attached hydrogens (primary N) is 1. The molecular formula is C39H91Br5N4O14P2S. The topological polar surface area (TPSA) is 273 Å². The third-order valence-electron chi connectivity index (χ3n) is 7.93. The molecule has 0 radical (unpaired) electrons. The minimum absolute atomic E-state index is 0.0112. The standard InChI is InChI=1S/C8H16BrNO.C8H17NO2.C7H16O2.C6H13NO.C4H11NO.2C2H4O.CBr4.CH4O.H2O4S.H4P2/c1-8(2)7-11-6-5-10(8)4-3-9;1-8(2)7-11-6-4-9(8)3-5-10;1-7(2,6-9)4-3-5-8;1-6(2)5-8-4-3-7-6;1-4(2,5)3-6;2*1-2-3-1;2-1(3,4)5;1-2;1-5(2,3)4;1-2/h3-7H2,1-2H3;10H,3-7H2,1-2H3;8-9H,3-6H2,1-2H3;7H,3-5H2,1-2H3;6H,3,5H2,1-2H3;2*1-2H2;;2H,1H3;(H2,1,2,3,4);1-2H2. The summed E-state index contributed by atoms with van der Waals surface area (Å²) < 4.78 is 56.3. The van der Waals surface area contributed by atoms with Gasteiger partial charge in [0.1, 0.15) is 0 Å². The molecule has 0 aliphatic carbocycles. The molecule has 0 saturated carbocycles. The summed E-state index contributed by atoms with van der Waals surface area (Å²) in [5.41, 5.74) is 5.40. The number of rotatable bonds is 9. The molecule has 18 nitrogen and oxygen atoms in total. The van der Waals surface area contributed by atoms with Gasteiger partial charge in [0.05, 0.1) is 79.3 Å². The molecule has 2 unspecified atom stereocenters. The molecule has 5 fully saturated rings. The summed E-state index contributed by atoms with van der Waals surface area (Å²) in [7, 11) is 1.00. The number of nitrogens with zero attached hydrogens (tertiary/aromatic N) is 2. The summed E-state index contributed by atoms with van der Waals surface area (Å²) in [6.07, 6.45) is 1.67. The number of hydrogen-bond acceptors (Lipinski definition) is 16. The van der Waals surface area contributed by atoms with Crippen LogP contribution in [-0.4, -0.2) is 214 Å². The van der Waals surface area contributed by atoms with Crippen molar-refractivity contribution in [2.24, 2.45) is 11.1 Å². The van der Waals surface area contributed by atoms with Crippen molar-refractivity contribution in [2.75, 3.05) is 138 Å². The third-order valence-corrected chi connectivity index (χ3v) is 8.28. The predicted molar refractivity (Wildman–Crippen MR) is 291 cm³/mol. The molecule has 0 spiro atoms. The molecule has 0 aromatic rings. The fraction of sp³-hybridized carbons (Fsp3) is 1.00. The summed E-state index contributed by atoms with van der Waals surface area (Å²) in [5.74, 6) is 0. The van der Waals surface area contributed by atoms with Gasteiger partial charge in [-0.2, -0.15) is 8.42 Å². The zero-order chi connectivity index (χ0) is 52.5. The molecule has 2 atom stereocenters. The van der Waals surface area contributed by atoms with Crippen LogP contribution in [0.5, 0.6) is 0 Å². The Kier molecular flexibility index (Phi) is 56.3. The van der Waals surface area contributed by atoms with Crippen molar-refractivity contribution in [1.29, 1.82) is 0 Å². The van der Waals surface area contributed by atoms with Crippen LogP contribution in [0.15, 0.2) is 0 Å². The van der Waals surface area contributed by atoms with Gasteiger partial charge in [0.25, 0.3) is 0 Å². The number of aliphatic hydroxyl groups excluding tert-OH is 5. The van der Waals surface area contributed by atoms with Gasteiger partial charge >= 0.3 is 10.4 Å². The van der Waals surface area contributed by atoms with Gasteiger partial charge < -0.3 is 60.3 Å². The van der Waals surface area contributed by atoms with Gasteiger partial charge in [-0.15, -0.1) is 17.9 Å². The molecular weight excluding hydrogens is 1240 g/mol. The van der Waals surface area contributed by atoms with E-state index >= 15 is 0 Å². The second-order valence-electron chi connectivity index (χ2n) is 17.4. The van der Waals surface area contributed by atoms with Crippen molar-refractivity contribution in [2.45, 2.75) is 105 Å². The lowest BCUT2D eigenvalue weighted by molar-refractivity contribution is -0.0558. The quantitative estimate of drug-likeness (QED) is 0.0615. The van der Waals surface area contributed by atoms with E-state index in [-0.39, 0.29) is 49.5 Å². The van der Waals surface area contributed by atoms with E-state index in [9.17, 15) is 0 Å². The van der Waals surface area contributed by atoms with Gasteiger partial charge in [-0.3, -0.25) is 18.9 Å². The van der Waals surface area contributed by atoms with Gasteiger partial charge in [0.2, 0.25) is 0 Å². The van der Waals surface area contributed by atoms with Crippen molar-refractivity contribution < 1.29 is 66.7 Å². The monoisotopic (exact) mass is 1330 g/mol. The third kappa shape index (κ3) is 78.2. The van der Waals surface area contributed by atoms with Crippen LogP contribution >= 0.6 is 97.5 Å². The van der Waals surface area contributed by atoms with Gasteiger partial charge in [0.15, 0.2) is 1.05 Å². The number of alkyl halides is 5. The van der Waals surface area contributed by atoms with Crippen molar-refractivity contribution in [1.82, 2.24) is 15.1 Å². The zero-order valence-corrected chi connectivity index (χ0v) is 52.0. The molecule has 402 valence electrons. The van der Waals surface area contributed by atoms with Crippen molar-refractivity contribution in [3.63, 3.8) is 0 Å². The highest BCUT2D eigenvalue weighted by Crippen LogP contribution is 2.39. The first-order chi connectivity index (χ1) is 29.7. The average Bonchev–Trinajstić information content (AvgIpc) is 4.09. The molecule has 5 rings (SSSR count). The van der Waals surface area contributed by atoms with Gasteiger partial charge in [0, 0.05) is 80.5 Å². The van der Waals surface area contributed by atoms with E-state index in [1.807, 2.05) is 13.8 Å². The van der Waals surface area contributed by atoms with Crippen LogP contribution in [0.1, 0.15) is 82.1 Å². The molecule has 0 aromatic heterocycles. The number of morpholine rings is 3. The Morgan fingerprint density at radius 1 is 0.662 bits per heavy atom. The van der Waals surface area contributed by atoms with Crippen molar-refractivity contribution >= 4 is 108 Å². The van der Waals surface area contributed by atoms with Gasteiger partial charge in [-0.05, 0) is 137 Å². The molecule has 5 aliphatic rings. The smallest absolute Gasteiger partial charge is 0.394 e. The zero-order valence-electron chi connectivity index (χ0n) is 41.0. The molecule has 5 saturated heterocycles. The van der Waals surface area contributed by atoms with Crippen LogP contribution in [0.3, 0.4) is 0 Å².